The van der Waals surface area contributed by atoms with Gasteiger partial charge in [0.2, 0.25) is 0 Å². The Morgan fingerprint density at radius 1 is 0.920 bits per heavy atom. The molecule has 25 heavy (non-hydrogen) atoms. The van der Waals surface area contributed by atoms with Gasteiger partial charge in [0, 0.05) is 11.4 Å². The van der Waals surface area contributed by atoms with Crippen molar-refractivity contribution < 1.29 is 21.9 Å². The predicted octanol–water partition coefficient (Wildman–Crippen LogP) is 1.06. The quantitative estimate of drug-likeness (QED) is 0.713. The number of aliphatic hydroxyl groups excluding tert-OH is 1. The van der Waals surface area contributed by atoms with Crippen LogP contribution in [0.25, 0.3) is 0 Å². The second-order valence-electron chi connectivity index (χ2n) is 5.89. The molecule has 1 fully saturated rings. The third-order valence-corrected chi connectivity index (χ3v) is 6.98. The Morgan fingerprint density at radius 2 is 1.52 bits per heavy atom. The molecule has 0 saturated carbocycles. The van der Waals surface area contributed by atoms with Crippen LogP contribution in [0.2, 0.25) is 0 Å². The number of hydrogen-bond acceptors (Lipinski definition) is 6. The van der Waals surface area contributed by atoms with Gasteiger partial charge in [0.25, 0.3) is 10.0 Å². The highest BCUT2D eigenvalue weighted by atomic mass is 32.2. The largest absolute Gasteiger partial charge is 0.390 e. The minimum Gasteiger partial charge on any atom is -0.390 e. The molecule has 1 heterocycles. The zero-order chi connectivity index (χ0) is 18.1. The average molecular weight is 382 g/mol. The summed E-state index contributed by atoms with van der Waals surface area (Å²) >= 11 is 0. The van der Waals surface area contributed by atoms with Crippen LogP contribution >= 0.6 is 0 Å². The predicted molar refractivity (Wildman–Crippen MR) is 95.8 cm³/mol. The molecular formula is C16H18N2O5S2. The summed E-state index contributed by atoms with van der Waals surface area (Å²) in [5, 5.41) is 12.7. The Labute approximate surface area is 146 Å². The summed E-state index contributed by atoms with van der Waals surface area (Å²) in [5.41, 5.74) is 0.984. The number of sulfonamides is 1. The first-order valence-electron chi connectivity index (χ1n) is 7.58. The molecule has 0 bridgehead atoms. The Hall–Kier alpha value is -2.10. The molecule has 2 atom stereocenters. The first-order chi connectivity index (χ1) is 11.8. The van der Waals surface area contributed by atoms with Gasteiger partial charge >= 0.3 is 0 Å². The number of nitrogens with one attached hydrogen (secondary N) is 2. The van der Waals surface area contributed by atoms with E-state index in [9.17, 15) is 21.9 Å². The lowest BCUT2D eigenvalue weighted by atomic mass is 10.2. The summed E-state index contributed by atoms with van der Waals surface area (Å²) in [7, 11) is -6.89. The van der Waals surface area contributed by atoms with E-state index in [1.165, 1.54) is 12.1 Å². The van der Waals surface area contributed by atoms with Crippen molar-refractivity contribution in [3.05, 3.63) is 54.6 Å². The smallest absolute Gasteiger partial charge is 0.261 e. The monoisotopic (exact) mass is 382 g/mol. The maximum absolute atomic E-state index is 12.3. The van der Waals surface area contributed by atoms with E-state index >= 15 is 0 Å². The first-order valence-corrected chi connectivity index (χ1v) is 10.9. The molecule has 0 spiro atoms. The van der Waals surface area contributed by atoms with Crippen LogP contribution < -0.4 is 10.0 Å². The Kier molecular flexibility index (Phi) is 4.72. The minimum absolute atomic E-state index is 0.128. The molecule has 0 unspecified atom stereocenters. The van der Waals surface area contributed by atoms with Crippen molar-refractivity contribution >= 4 is 31.2 Å². The lowest BCUT2D eigenvalue weighted by Crippen LogP contribution is -2.31. The third kappa shape index (κ3) is 4.30. The number of hydrogen-bond donors (Lipinski definition) is 3. The number of benzene rings is 2. The fraction of sp³-hybridized carbons (Fsp3) is 0.250. The summed E-state index contributed by atoms with van der Waals surface area (Å²) in [6.45, 7) is 0. The average Bonchev–Trinajstić information content (AvgIpc) is 2.82. The molecule has 1 aliphatic rings. The number of anilines is 2. The first kappa shape index (κ1) is 17.7. The molecule has 0 amide bonds. The molecule has 1 aliphatic heterocycles. The van der Waals surface area contributed by atoms with Gasteiger partial charge in [0.15, 0.2) is 9.84 Å². The molecule has 0 radical (unpaired) electrons. The summed E-state index contributed by atoms with van der Waals surface area (Å²) in [5.74, 6) is -0.379. The maximum Gasteiger partial charge on any atom is 0.261 e. The molecule has 9 heteroatoms. The molecule has 0 aliphatic carbocycles. The summed E-state index contributed by atoms with van der Waals surface area (Å²) < 4.78 is 50.0. The fourth-order valence-corrected chi connectivity index (χ4v) is 5.45. The second-order valence-corrected chi connectivity index (χ2v) is 9.73. The van der Waals surface area contributed by atoms with E-state index in [4.69, 9.17) is 0 Å². The normalized spacial score (nSPS) is 22.4. The van der Waals surface area contributed by atoms with Crippen molar-refractivity contribution in [1.82, 2.24) is 0 Å². The highest BCUT2D eigenvalue weighted by Gasteiger charge is 2.36. The van der Waals surface area contributed by atoms with Crippen molar-refractivity contribution in [2.75, 3.05) is 21.5 Å². The number of rotatable bonds is 5. The standard InChI is InChI=1S/C16H18N2O5S2/c19-16-11-24(20,21)10-15(16)17-12-6-8-13(9-7-12)18-25(22,23)14-4-2-1-3-5-14/h1-9,15-19H,10-11H2/t15-,16-/m1/s1. The Morgan fingerprint density at radius 3 is 2.08 bits per heavy atom. The SMILES string of the molecule is O=S1(=O)C[C@@H](O)[C@H](Nc2ccc(NS(=O)(=O)c3ccccc3)cc2)C1. The lowest BCUT2D eigenvalue weighted by Gasteiger charge is -2.16. The third-order valence-electron chi connectivity index (χ3n) is 3.87. The van der Waals surface area contributed by atoms with Crippen molar-refractivity contribution in [1.29, 1.82) is 0 Å². The van der Waals surface area contributed by atoms with Crippen LogP contribution in [0.15, 0.2) is 59.5 Å². The van der Waals surface area contributed by atoms with Gasteiger partial charge in [0.05, 0.1) is 28.5 Å². The van der Waals surface area contributed by atoms with Crippen molar-refractivity contribution in [3.8, 4) is 0 Å². The van der Waals surface area contributed by atoms with Gasteiger partial charge in [-0.2, -0.15) is 0 Å². The molecule has 0 aromatic heterocycles. The van der Waals surface area contributed by atoms with Crippen LogP contribution in [-0.4, -0.2) is 45.6 Å². The second kappa shape index (κ2) is 6.66. The topological polar surface area (TPSA) is 113 Å². The van der Waals surface area contributed by atoms with Crippen LogP contribution in [0.1, 0.15) is 0 Å². The van der Waals surface area contributed by atoms with E-state index in [0.29, 0.717) is 11.4 Å². The van der Waals surface area contributed by atoms with E-state index in [2.05, 4.69) is 10.0 Å². The zero-order valence-corrected chi connectivity index (χ0v) is 14.8. The molecule has 3 N–H and O–H groups in total. The maximum atomic E-state index is 12.3. The summed E-state index contributed by atoms with van der Waals surface area (Å²) in [6.07, 6.45) is -0.957. The molecule has 2 aromatic carbocycles. The van der Waals surface area contributed by atoms with Crippen LogP contribution in [-0.2, 0) is 19.9 Å². The summed E-state index contributed by atoms with van der Waals surface area (Å²) in [6, 6.07) is 13.8. The van der Waals surface area contributed by atoms with Crippen molar-refractivity contribution in [3.63, 3.8) is 0 Å². The van der Waals surface area contributed by atoms with E-state index < -0.39 is 32.0 Å². The summed E-state index contributed by atoms with van der Waals surface area (Å²) in [4.78, 5) is 0.163. The van der Waals surface area contributed by atoms with Gasteiger partial charge in [-0.05, 0) is 36.4 Å². The van der Waals surface area contributed by atoms with Gasteiger partial charge in [0.1, 0.15) is 0 Å². The van der Waals surface area contributed by atoms with Gasteiger partial charge in [-0.1, -0.05) is 18.2 Å². The van der Waals surface area contributed by atoms with Crippen LogP contribution in [0.3, 0.4) is 0 Å². The van der Waals surface area contributed by atoms with Crippen LogP contribution in [0, 0.1) is 0 Å². The number of sulfone groups is 1. The molecule has 3 rings (SSSR count). The highest BCUT2D eigenvalue weighted by Crippen LogP contribution is 2.21. The van der Waals surface area contributed by atoms with Crippen molar-refractivity contribution in [2.45, 2.75) is 17.0 Å². The van der Waals surface area contributed by atoms with E-state index in [0.717, 1.165) is 0 Å². The molecule has 2 aromatic rings. The highest BCUT2D eigenvalue weighted by molar-refractivity contribution is 7.92. The van der Waals surface area contributed by atoms with Crippen LogP contribution in [0.4, 0.5) is 11.4 Å². The van der Waals surface area contributed by atoms with E-state index in [-0.39, 0.29) is 16.4 Å². The van der Waals surface area contributed by atoms with Gasteiger partial charge < -0.3 is 10.4 Å². The van der Waals surface area contributed by atoms with Gasteiger partial charge in [-0.25, -0.2) is 16.8 Å². The van der Waals surface area contributed by atoms with E-state index in [1.807, 2.05) is 0 Å². The van der Waals surface area contributed by atoms with E-state index in [1.54, 1.807) is 42.5 Å². The van der Waals surface area contributed by atoms with Gasteiger partial charge in [-0.3, -0.25) is 4.72 Å². The molecular weight excluding hydrogens is 364 g/mol. The Bertz CT molecular complexity index is 942. The molecule has 134 valence electrons. The van der Waals surface area contributed by atoms with Gasteiger partial charge in [-0.15, -0.1) is 0 Å². The molecule has 1 saturated heterocycles. The van der Waals surface area contributed by atoms with Crippen molar-refractivity contribution in [2.24, 2.45) is 0 Å². The molecule has 7 nitrogen and oxygen atoms in total. The Balaban J connectivity index is 1.69. The lowest BCUT2D eigenvalue weighted by molar-refractivity contribution is 0.190. The number of aliphatic hydroxyl groups is 1. The van der Waals surface area contributed by atoms with Crippen LogP contribution in [0.5, 0.6) is 0 Å². The minimum atomic E-state index is -3.66. The fourth-order valence-electron chi connectivity index (χ4n) is 2.63. The zero-order valence-electron chi connectivity index (χ0n) is 13.2.